The molecule has 0 bridgehead atoms. The first-order valence-electron chi connectivity index (χ1n) is 5.63. The van der Waals surface area contributed by atoms with Crippen molar-refractivity contribution in [2.45, 2.75) is 39.7 Å². The highest BCUT2D eigenvalue weighted by Crippen LogP contribution is 2.05. The lowest BCUT2D eigenvalue weighted by Gasteiger charge is -2.12. The van der Waals surface area contributed by atoms with Crippen LogP contribution in [0.1, 0.15) is 33.6 Å². The molecule has 0 saturated heterocycles. The van der Waals surface area contributed by atoms with Crippen LogP contribution in [0.25, 0.3) is 0 Å². The van der Waals surface area contributed by atoms with Crippen LogP contribution in [0, 0.1) is 5.92 Å². The van der Waals surface area contributed by atoms with Gasteiger partial charge in [-0.15, -0.1) is 0 Å². The molecule has 3 heteroatoms. The van der Waals surface area contributed by atoms with Gasteiger partial charge in [-0.05, 0) is 24.6 Å². The second kappa shape index (κ2) is 9.81. The first-order chi connectivity index (χ1) is 6.66. The first-order valence-corrected chi connectivity index (χ1v) is 6.78. The SMILES string of the molecule is CCCCSCC(O)CNCC(C)C. The highest BCUT2D eigenvalue weighted by Gasteiger charge is 2.03. The van der Waals surface area contributed by atoms with Crippen molar-refractivity contribution in [1.82, 2.24) is 5.32 Å². The number of thioether (sulfide) groups is 1. The predicted molar refractivity (Wildman–Crippen MR) is 65.9 cm³/mol. The van der Waals surface area contributed by atoms with E-state index in [1.807, 2.05) is 11.8 Å². The Morgan fingerprint density at radius 3 is 2.57 bits per heavy atom. The number of aliphatic hydroxyl groups excluding tert-OH is 1. The third-order valence-electron chi connectivity index (χ3n) is 1.89. The van der Waals surface area contributed by atoms with E-state index in [4.69, 9.17) is 0 Å². The van der Waals surface area contributed by atoms with Gasteiger partial charge in [-0.2, -0.15) is 11.8 Å². The molecule has 0 heterocycles. The largest absolute Gasteiger partial charge is 0.391 e. The van der Waals surface area contributed by atoms with E-state index >= 15 is 0 Å². The Hall–Kier alpha value is 0.270. The molecule has 0 aliphatic carbocycles. The number of unbranched alkanes of at least 4 members (excludes halogenated alkanes) is 1. The molecule has 2 N–H and O–H groups in total. The van der Waals surface area contributed by atoms with Gasteiger partial charge >= 0.3 is 0 Å². The summed E-state index contributed by atoms with van der Waals surface area (Å²) in [7, 11) is 0. The molecule has 0 rings (SSSR count). The van der Waals surface area contributed by atoms with Gasteiger partial charge < -0.3 is 10.4 Å². The van der Waals surface area contributed by atoms with Gasteiger partial charge in [0.1, 0.15) is 0 Å². The minimum absolute atomic E-state index is 0.185. The van der Waals surface area contributed by atoms with Crippen LogP contribution in [0.15, 0.2) is 0 Å². The number of hydrogen-bond donors (Lipinski definition) is 2. The number of rotatable bonds is 9. The van der Waals surface area contributed by atoms with Crippen molar-refractivity contribution in [2.75, 3.05) is 24.6 Å². The summed E-state index contributed by atoms with van der Waals surface area (Å²) in [4.78, 5) is 0. The van der Waals surface area contributed by atoms with E-state index in [0.29, 0.717) is 5.92 Å². The maximum atomic E-state index is 9.58. The molecule has 1 unspecified atom stereocenters. The third-order valence-corrected chi connectivity index (χ3v) is 3.08. The molecule has 0 aromatic heterocycles. The van der Waals surface area contributed by atoms with Crippen molar-refractivity contribution >= 4 is 11.8 Å². The molecule has 0 fully saturated rings. The lowest BCUT2D eigenvalue weighted by atomic mass is 10.2. The Labute approximate surface area is 92.9 Å². The molecule has 0 radical (unpaired) electrons. The van der Waals surface area contributed by atoms with Crippen molar-refractivity contribution in [2.24, 2.45) is 5.92 Å². The van der Waals surface area contributed by atoms with Crippen LogP contribution in [-0.4, -0.2) is 35.8 Å². The van der Waals surface area contributed by atoms with E-state index in [9.17, 15) is 5.11 Å². The number of hydrogen-bond acceptors (Lipinski definition) is 3. The summed E-state index contributed by atoms with van der Waals surface area (Å²) in [6.45, 7) is 8.28. The maximum absolute atomic E-state index is 9.58. The zero-order chi connectivity index (χ0) is 10.8. The van der Waals surface area contributed by atoms with Gasteiger partial charge in [-0.25, -0.2) is 0 Å². The molecular formula is C11H25NOS. The van der Waals surface area contributed by atoms with E-state index in [0.717, 1.165) is 18.8 Å². The number of nitrogens with one attached hydrogen (secondary N) is 1. The maximum Gasteiger partial charge on any atom is 0.0754 e. The Morgan fingerprint density at radius 1 is 1.29 bits per heavy atom. The Bertz CT molecular complexity index is 120. The molecule has 0 spiro atoms. The summed E-state index contributed by atoms with van der Waals surface area (Å²) in [5, 5.41) is 12.8. The Morgan fingerprint density at radius 2 is 2.00 bits per heavy atom. The molecule has 1 atom stereocenters. The number of aliphatic hydroxyl groups is 1. The monoisotopic (exact) mass is 219 g/mol. The van der Waals surface area contributed by atoms with Crippen LogP contribution in [0.4, 0.5) is 0 Å². The minimum Gasteiger partial charge on any atom is -0.391 e. The Kier molecular flexibility index (Phi) is 10.0. The summed E-state index contributed by atoms with van der Waals surface area (Å²) in [5.74, 6) is 2.71. The van der Waals surface area contributed by atoms with Gasteiger partial charge in [0, 0.05) is 12.3 Å². The average molecular weight is 219 g/mol. The Balaban J connectivity index is 3.15. The molecule has 0 aromatic carbocycles. The molecule has 0 aliphatic rings. The van der Waals surface area contributed by atoms with Crippen LogP contribution in [0.3, 0.4) is 0 Å². The van der Waals surface area contributed by atoms with Gasteiger partial charge in [0.25, 0.3) is 0 Å². The third kappa shape index (κ3) is 10.4. The summed E-state index contributed by atoms with van der Waals surface area (Å²) < 4.78 is 0. The minimum atomic E-state index is -0.185. The van der Waals surface area contributed by atoms with Crippen molar-refractivity contribution in [3.05, 3.63) is 0 Å². The van der Waals surface area contributed by atoms with Crippen LogP contribution < -0.4 is 5.32 Å². The lowest BCUT2D eigenvalue weighted by molar-refractivity contribution is 0.194. The fourth-order valence-corrected chi connectivity index (χ4v) is 2.11. The highest BCUT2D eigenvalue weighted by molar-refractivity contribution is 7.99. The summed E-state index contributed by atoms with van der Waals surface area (Å²) in [6, 6.07) is 0. The van der Waals surface area contributed by atoms with Crippen LogP contribution in [0.5, 0.6) is 0 Å². The average Bonchev–Trinajstić information content (AvgIpc) is 2.12. The zero-order valence-corrected chi connectivity index (χ0v) is 10.6. The fourth-order valence-electron chi connectivity index (χ4n) is 1.06. The van der Waals surface area contributed by atoms with Gasteiger partial charge in [0.2, 0.25) is 0 Å². The van der Waals surface area contributed by atoms with E-state index in [1.165, 1.54) is 18.6 Å². The topological polar surface area (TPSA) is 32.3 Å². The molecule has 0 aromatic rings. The standard InChI is InChI=1S/C11H25NOS/c1-4-5-6-14-9-11(13)8-12-7-10(2)3/h10-13H,4-9H2,1-3H3. The van der Waals surface area contributed by atoms with Crippen LogP contribution in [-0.2, 0) is 0 Å². The second-order valence-corrected chi connectivity index (χ2v) is 5.28. The van der Waals surface area contributed by atoms with E-state index in [1.54, 1.807) is 0 Å². The second-order valence-electron chi connectivity index (χ2n) is 4.13. The van der Waals surface area contributed by atoms with E-state index in [2.05, 4.69) is 26.1 Å². The quantitative estimate of drug-likeness (QED) is 0.583. The summed E-state index contributed by atoms with van der Waals surface area (Å²) in [5.41, 5.74) is 0. The molecule has 0 amide bonds. The van der Waals surface area contributed by atoms with Gasteiger partial charge in [0.15, 0.2) is 0 Å². The fraction of sp³-hybridized carbons (Fsp3) is 1.00. The summed E-state index contributed by atoms with van der Waals surface area (Å²) >= 11 is 1.85. The van der Waals surface area contributed by atoms with Gasteiger partial charge in [0.05, 0.1) is 6.10 Å². The highest BCUT2D eigenvalue weighted by atomic mass is 32.2. The van der Waals surface area contributed by atoms with Gasteiger partial charge in [-0.1, -0.05) is 27.2 Å². The van der Waals surface area contributed by atoms with Crippen LogP contribution in [0.2, 0.25) is 0 Å². The first kappa shape index (κ1) is 14.3. The molecular weight excluding hydrogens is 194 g/mol. The lowest BCUT2D eigenvalue weighted by Crippen LogP contribution is -2.31. The van der Waals surface area contributed by atoms with E-state index in [-0.39, 0.29) is 6.10 Å². The molecule has 0 aliphatic heterocycles. The smallest absolute Gasteiger partial charge is 0.0754 e. The van der Waals surface area contributed by atoms with Crippen molar-refractivity contribution in [3.8, 4) is 0 Å². The van der Waals surface area contributed by atoms with Crippen LogP contribution >= 0.6 is 11.8 Å². The zero-order valence-electron chi connectivity index (χ0n) is 9.75. The van der Waals surface area contributed by atoms with Gasteiger partial charge in [-0.3, -0.25) is 0 Å². The summed E-state index contributed by atoms with van der Waals surface area (Å²) in [6.07, 6.45) is 2.32. The molecule has 14 heavy (non-hydrogen) atoms. The normalized spacial score (nSPS) is 13.5. The molecule has 2 nitrogen and oxygen atoms in total. The van der Waals surface area contributed by atoms with Crippen molar-refractivity contribution < 1.29 is 5.11 Å². The van der Waals surface area contributed by atoms with E-state index < -0.39 is 0 Å². The molecule has 86 valence electrons. The van der Waals surface area contributed by atoms with Crippen molar-refractivity contribution in [3.63, 3.8) is 0 Å². The molecule has 0 saturated carbocycles. The predicted octanol–water partition coefficient (Wildman–Crippen LogP) is 2.13. The van der Waals surface area contributed by atoms with Crippen molar-refractivity contribution in [1.29, 1.82) is 0 Å².